The summed E-state index contributed by atoms with van der Waals surface area (Å²) < 4.78 is 0. The third-order valence-corrected chi connectivity index (χ3v) is 6.74. The van der Waals surface area contributed by atoms with E-state index in [1.807, 2.05) is 68.2 Å². The molecule has 2 saturated heterocycles. The zero-order chi connectivity index (χ0) is 21.3. The largest absolute Gasteiger partial charge is 0.353 e. The summed E-state index contributed by atoms with van der Waals surface area (Å²) in [4.78, 5) is 43.4. The number of anilines is 2. The summed E-state index contributed by atoms with van der Waals surface area (Å²) >= 11 is 0. The number of nitrogens with zero attached hydrogens (tertiary/aromatic N) is 2. The van der Waals surface area contributed by atoms with Crippen LogP contribution in [0.1, 0.15) is 29.2 Å². The van der Waals surface area contributed by atoms with E-state index in [0.717, 1.165) is 27.9 Å². The van der Waals surface area contributed by atoms with E-state index in [-0.39, 0.29) is 23.6 Å². The van der Waals surface area contributed by atoms with Crippen LogP contribution in [-0.2, 0) is 14.4 Å². The lowest BCUT2D eigenvalue weighted by Crippen LogP contribution is -2.48. The number of hydrogen-bond donors (Lipinski definition) is 0. The highest BCUT2D eigenvalue weighted by atomic mass is 16.2. The van der Waals surface area contributed by atoms with E-state index in [9.17, 15) is 14.4 Å². The van der Waals surface area contributed by atoms with Crippen LogP contribution < -0.4 is 9.80 Å². The number of Topliss-reactive ketones (excluding diaryl/α,β-unsaturated/α-hetero) is 1. The summed E-state index contributed by atoms with van der Waals surface area (Å²) in [5, 5.41) is 0. The molecule has 5 heteroatoms. The van der Waals surface area contributed by atoms with Crippen molar-refractivity contribution in [3.05, 3.63) is 64.7 Å². The zero-order valence-corrected chi connectivity index (χ0v) is 17.5. The Morgan fingerprint density at radius 2 is 1.60 bits per heavy atom. The van der Waals surface area contributed by atoms with Crippen LogP contribution in [0.25, 0.3) is 6.08 Å². The monoisotopic (exact) mass is 400 g/mol. The normalized spacial score (nSPS) is 26.7. The second kappa shape index (κ2) is 6.39. The number of para-hydroxylation sites is 1. The summed E-state index contributed by atoms with van der Waals surface area (Å²) in [6.07, 6.45) is 4.00. The van der Waals surface area contributed by atoms with Gasteiger partial charge in [-0.05, 0) is 56.5 Å². The Kier molecular flexibility index (Phi) is 4.01. The van der Waals surface area contributed by atoms with Crippen molar-refractivity contribution in [3.63, 3.8) is 0 Å². The fraction of sp³-hybridized carbons (Fsp3) is 0.320. The second-order valence-corrected chi connectivity index (χ2v) is 8.68. The highest BCUT2D eigenvalue weighted by Crippen LogP contribution is 2.50. The standard InChI is InChI=1S/C25H24N2O3/c1-13-8-10-18-17(12-13)9-11-19-20-21(23(16(4)28)26(18)19)25(30)27(24(20)29)22-14(2)6-5-7-15(22)3/h5-12,19-21,23H,1-4H3/t19-,20-,21+,23+/m1/s1. The first-order chi connectivity index (χ1) is 14.3. The molecule has 2 aromatic carbocycles. The highest BCUT2D eigenvalue weighted by Gasteiger charge is 2.63. The molecule has 0 spiro atoms. The number of rotatable bonds is 2. The number of hydrogen-bond acceptors (Lipinski definition) is 4. The van der Waals surface area contributed by atoms with Crippen LogP contribution in [0.15, 0.2) is 42.5 Å². The van der Waals surface area contributed by atoms with Crippen LogP contribution in [-0.4, -0.2) is 29.7 Å². The number of ketones is 1. The van der Waals surface area contributed by atoms with Gasteiger partial charge in [0.1, 0.15) is 6.04 Å². The Morgan fingerprint density at radius 3 is 2.27 bits per heavy atom. The van der Waals surface area contributed by atoms with Gasteiger partial charge in [0.05, 0.1) is 23.6 Å². The highest BCUT2D eigenvalue weighted by molar-refractivity contribution is 6.25. The van der Waals surface area contributed by atoms with Gasteiger partial charge in [-0.1, -0.05) is 42.0 Å². The molecule has 0 bridgehead atoms. The smallest absolute Gasteiger partial charge is 0.240 e. The van der Waals surface area contributed by atoms with E-state index >= 15 is 0 Å². The van der Waals surface area contributed by atoms with E-state index < -0.39 is 17.9 Å². The van der Waals surface area contributed by atoms with Crippen LogP contribution in [0.2, 0.25) is 0 Å². The Bertz CT molecular complexity index is 1130. The van der Waals surface area contributed by atoms with Crippen molar-refractivity contribution in [2.75, 3.05) is 9.80 Å². The molecule has 3 aliphatic heterocycles. The van der Waals surface area contributed by atoms with E-state index in [4.69, 9.17) is 0 Å². The van der Waals surface area contributed by atoms with Crippen LogP contribution in [0.4, 0.5) is 11.4 Å². The summed E-state index contributed by atoms with van der Waals surface area (Å²) in [5.41, 5.74) is 5.49. The fourth-order valence-corrected chi connectivity index (χ4v) is 5.53. The summed E-state index contributed by atoms with van der Waals surface area (Å²) in [6, 6.07) is 10.9. The van der Waals surface area contributed by atoms with Gasteiger partial charge in [-0.3, -0.25) is 14.4 Å². The van der Waals surface area contributed by atoms with Gasteiger partial charge in [-0.15, -0.1) is 0 Å². The van der Waals surface area contributed by atoms with Crippen molar-refractivity contribution in [3.8, 4) is 0 Å². The van der Waals surface area contributed by atoms with Crippen molar-refractivity contribution < 1.29 is 14.4 Å². The van der Waals surface area contributed by atoms with Gasteiger partial charge in [0.25, 0.3) is 0 Å². The number of amides is 2. The van der Waals surface area contributed by atoms with Crippen LogP contribution in [0, 0.1) is 32.6 Å². The number of fused-ring (bicyclic) bond motifs is 5. The number of imide groups is 1. The lowest BCUT2D eigenvalue weighted by molar-refractivity contribution is -0.126. The number of benzene rings is 2. The Balaban J connectivity index is 1.65. The first-order valence-corrected chi connectivity index (χ1v) is 10.3. The Hall–Kier alpha value is -3.21. The van der Waals surface area contributed by atoms with Crippen molar-refractivity contribution in [1.29, 1.82) is 0 Å². The molecular weight excluding hydrogens is 376 g/mol. The van der Waals surface area contributed by atoms with Gasteiger partial charge >= 0.3 is 0 Å². The molecule has 4 atom stereocenters. The summed E-state index contributed by atoms with van der Waals surface area (Å²) in [7, 11) is 0. The predicted molar refractivity (Wildman–Crippen MR) is 116 cm³/mol. The minimum Gasteiger partial charge on any atom is -0.353 e. The van der Waals surface area contributed by atoms with E-state index in [1.165, 1.54) is 11.8 Å². The maximum Gasteiger partial charge on any atom is 0.240 e. The second-order valence-electron chi connectivity index (χ2n) is 8.68. The van der Waals surface area contributed by atoms with Crippen LogP contribution in [0.3, 0.4) is 0 Å². The predicted octanol–water partition coefficient (Wildman–Crippen LogP) is 3.59. The maximum atomic E-state index is 13.6. The van der Waals surface area contributed by atoms with Crippen molar-refractivity contribution >= 4 is 35.0 Å². The average molecular weight is 400 g/mol. The molecule has 0 aromatic heterocycles. The molecule has 3 heterocycles. The van der Waals surface area contributed by atoms with Gasteiger partial charge in [-0.25, -0.2) is 4.90 Å². The molecule has 0 saturated carbocycles. The van der Waals surface area contributed by atoms with Gasteiger partial charge in [-0.2, -0.15) is 0 Å². The van der Waals surface area contributed by atoms with E-state index in [2.05, 4.69) is 6.07 Å². The fourth-order valence-electron chi connectivity index (χ4n) is 5.53. The first kappa shape index (κ1) is 18.8. The molecule has 5 nitrogen and oxygen atoms in total. The molecule has 2 amide bonds. The minimum absolute atomic E-state index is 0.0844. The third kappa shape index (κ3) is 2.38. The van der Waals surface area contributed by atoms with Crippen molar-refractivity contribution in [1.82, 2.24) is 0 Å². The van der Waals surface area contributed by atoms with E-state index in [0.29, 0.717) is 5.69 Å². The quantitative estimate of drug-likeness (QED) is 0.723. The summed E-state index contributed by atoms with van der Waals surface area (Å²) in [5.74, 6) is -1.79. The third-order valence-electron chi connectivity index (χ3n) is 6.74. The molecule has 152 valence electrons. The zero-order valence-electron chi connectivity index (χ0n) is 17.5. The molecule has 0 unspecified atom stereocenters. The molecule has 2 fully saturated rings. The maximum absolute atomic E-state index is 13.6. The lowest BCUT2D eigenvalue weighted by Gasteiger charge is -2.36. The Morgan fingerprint density at radius 1 is 0.933 bits per heavy atom. The van der Waals surface area contributed by atoms with Crippen molar-refractivity contribution in [2.45, 2.75) is 39.8 Å². The molecule has 3 aliphatic rings. The van der Waals surface area contributed by atoms with Gasteiger partial charge in [0.2, 0.25) is 11.8 Å². The molecule has 0 radical (unpaired) electrons. The van der Waals surface area contributed by atoms with Gasteiger partial charge < -0.3 is 4.90 Å². The molecule has 0 N–H and O–H groups in total. The minimum atomic E-state index is -0.670. The number of carbonyl (C=O) groups is 3. The molecular formula is C25H24N2O3. The molecule has 5 rings (SSSR count). The van der Waals surface area contributed by atoms with Crippen LogP contribution >= 0.6 is 0 Å². The topological polar surface area (TPSA) is 57.7 Å². The van der Waals surface area contributed by atoms with Gasteiger partial charge in [0.15, 0.2) is 5.78 Å². The van der Waals surface area contributed by atoms with Crippen molar-refractivity contribution in [2.24, 2.45) is 11.8 Å². The van der Waals surface area contributed by atoms with E-state index in [1.54, 1.807) is 0 Å². The first-order valence-electron chi connectivity index (χ1n) is 10.3. The summed E-state index contributed by atoms with van der Waals surface area (Å²) in [6.45, 7) is 7.36. The van der Waals surface area contributed by atoms with Crippen LogP contribution in [0.5, 0.6) is 0 Å². The lowest BCUT2D eigenvalue weighted by atomic mass is 9.88. The van der Waals surface area contributed by atoms with Gasteiger partial charge in [0, 0.05) is 5.69 Å². The average Bonchev–Trinajstić information content (AvgIpc) is 3.16. The molecule has 0 aliphatic carbocycles. The SMILES string of the molecule is CC(=O)[C@H]1[C@H]2C(=O)N(c3c(C)cccc3C)C(=O)[C@@H]2[C@H]2C=Cc3cc(C)ccc3N21. The molecule has 2 aromatic rings. The Labute approximate surface area is 176 Å². The number of carbonyl (C=O) groups excluding carboxylic acids is 3. The number of aryl methyl sites for hydroxylation is 3. The molecule has 30 heavy (non-hydrogen) atoms.